The molecule has 1 aromatic rings. The monoisotopic (exact) mass is 318 g/mol. The molecule has 2 aliphatic rings. The molecular formula is C16H22N4O3. The number of likely N-dealkylation sites (tertiary alicyclic amines) is 1. The van der Waals surface area contributed by atoms with Crippen molar-refractivity contribution in [3.8, 4) is 0 Å². The van der Waals surface area contributed by atoms with Crippen LogP contribution in [0.15, 0.2) is 6.07 Å². The summed E-state index contributed by atoms with van der Waals surface area (Å²) in [4.78, 5) is 36.0. The Kier molecular flexibility index (Phi) is 4.19. The van der Waals surface area contributed by atoms with E-state index in [0.717, 1.165) is 37.4 Å². The van der Waals surface area contributed by atoms with E-state index in [-0.39, 0.29) is 24.0 Å². The molecule has 1 aromatic heterocycles. The Morgan fingerprint density at radius 3 is 2.57 bits per heavy atom. The molecule has 0 N–H and O–H groups in total. The summed E-state index contributed by atoms with van der Waals surface area (Å²) in [5.41, 5.74) is 0.839. The molecule has 3 rings (SSSR count). The summed E-state index contributed by atoms with van der Waals surface area (Å²) in [6.07, 6.45) is 1.35. The number of nitrogens with zero attached hydrogens (tertiary/aromatic N) is 4. The number of anilines is 1. The normalized spacial score (nSPS) is 22.4. The minimum Gasteiger partial charge on any atom is -0.447 e. The first-order valence-electron chi connectivity index (χ1n) is 8.03. The summed E-state index contributed by atoms with van der Waals surface area (Å²) in [6, 6.07) is 1.79. The molecule has 7 nitrogen and oxygen atoms in total. The largest absolute Gasteiger partial charge is 0.447 e. The Morgan fingerprint density at radius 2 is 2.00 bits per heavy atom. The van der Waals surface area contributed by atoms with Crippen molar-refractivity contribution in [2.24, 2.45) is 0 Å². The van der Waals surface area contributed by atoms with Crippen molar-refractivity contribution in [1.82, 2.24) is 14.9 Å². The fraction of sp³-hybridized carbons (Fsp3) is 0.625. The number of carbonyl (C=O) groups is 2. The van der Waals surface area contributed by atoms with Crippen LogP contribution in [0.25, 0.3) is 0 Å². The van der Waals surface area contributed by atoms with Crippen molar-refractivity contribution >= 4 is 17.8 Å². The first kappa shape index (κ1) is 15.7. The number of aromatic nitrogens is 2. The quantitative estimate of drug-likeness (QED) is 0.832. The fourth-order valence-electron chi connectivity index (χ4n) is 3.17. The highest BCUT2D eigenvalue weighted by atomic mass is 16.6. The van der Waals surface area contributed by atoms with Gasteiger partial charge in [0.1, 0.15) is 18.2 Å². The zero-order valence-electron chi connectivity index (χ0n) is 13.8. The van der Waals surface area contributed by atoms with Crippen molar-refractivity contribution in [2.45, 2.75) is 45.6 Å². The van der Waals surface area contributed by atoms with Gasteiger partial charge in [-0.3, -0.25) is 9.69 Å². The molecule has 2 saturated heterocycles. The Hall–Kier alpha value is -2.18. The van der Waals surface area contributed by atoms with E-state index in [0.29, 0.717) is 12.4 Å². The lowest BCUT2D eigenvalue weighted by atomic mass is 9.96. The molecule has 3 heterocycles. The molecule has 0 radical (unpaired) electrons. The standard InChI is InChI=1S/C16H22N4O3/c1-10-8-14(20-11(2)9-23-16(20)22)18-15(17-10)13-4-6-19(7-5-13)12(3)21/h8,11,13H,4-7,9H2,1-3H3. The number of carbonyl (C=O) groups excluding carboxylic acids is 2. The van der Waals surface area contributed by atoms with Crippen LogP contribution in [0.1, 0.15) is 44.1 Å². The van der Waals surface area contributed by atoms with Gasteiger partial charge in [0.15, 0.2) is 0 Å². The molecule has 1 unspecified atom stereocenters. The van der Waals surface area contributed by atoms with E-state index in [4.69, 9.17) is 4.74 Å². The van der Waals surface area contributed by atoms with Crippen molar-refractivity contribution < 1.29 is 14.3 Å². The zero-order valence-corrected chi connectivity index (χ0v) is 13.8. The van der Waals surface area contributed by atoms with Gasteiger partial charge in [0.25, 0.3) is 0 Å². The predicted octanol–water partition coefficient (Wildman–Crippen LogP) is 1.86. The van der Waals surface area contributed by atoms with E-state index in [2.05, 4.69) is 9.97 Å². The Morgan fingerprint density at radius 1 is 1.30 bits per heavy atom. The maximum Gasteiger partial charge on any atom is 0.415 e. The van der Waals surface area contributed by atoms with Gasteiger partial charge in [-0.2, -0.15) is 0 Å². The number of rotatable bonds is 2. The average Bonchev–Trinajstić information content (AvgIpc) is 2.85. The van der Waals surface area contributed by atoms with Crippen LogP contribution in [-0.2, 0) is 9.53 Å². The van der Waals surface area contributed by atoms with Crippen molar-refractivity contribution in [1.29, 1.82) is 0 Å². The number of amides is 2. The Bertz CT molecular complexity index is 626. The number of ether oxygens (including phenoxy) is 1. The van der Waals surface area contributed by atoms with E-state index in [1.807, 2.05) is 24.8 Å². The lowest BCUT2D eigenvalue weighted by molar-refractivity contribution is -0.129. The van der Waals surface area contributed by atoms with Gasteiger partial charge in [-0.05, 0) is 26.7 Å². The number of hydrogen-bond donors (Lipinski definition) is 0. The molecule has 2 aliphatic heterocycles. The summed E-state index contributed by atoms with van der Waals surface area (Å²) in [5, 5.41) is 0. The molecule has 0 bridgehead atoms. The summed E-state index contributed by atoms with van der Waals surface area (Å²) < 4.78 is 5.08. The van der Waals surface area contributed by atoms with Crippen molar-refractivity contribution in [2.75, 3.05) is 24.6 Å². The van der Waals surface area contributed by atoms with Gasteiger partial charge in [0, 0.05) is 37.7 Å². The molecule has 0 saturated carbocycles. The molecule has 0 spiro atoms. The van der Waals surface area contributed by atoms with E-state index in [1.54, 1.807) is 11.8 Å². The highest BCUT2D eigenvalue weighted by Gasteiger charge is 2.33. The number of piperidine rings is 1. The van der Waals surface area contributed by atoms with Crippen LogP contribution in [0.3, 0.4) is 0 Å². The van der Waals surface area contributed by atoms with Gasteiger partial charge in [-0.25, -0.2) is 14.8 Å². The van der Waals surface area contributed by atoms with Gasteiger partial charge >= 0.3 is 6.09 Å². The lowest BCUT2D eigenvalue weighted by Crippen LogP contribution is -2.37. The van der Waals surface area contributed by atoms with Gasteiger partial charge in [0.2, 0.25) is 5.91 Å². The first-order chi connectivity index (χ1) is 11.0. The lowest BCUT2D eigenvalue weighted by Gasteiger charge is -2.31. The third-order valence-electron chi connectivity index (χ3n) is 4.50. The van der Waals surface area contributed by atoms with Crippen LogP contribution in [0.4, 0.5) is 10.6 Å². The SMILES string of the molecule is CC(=O)N1CCC(c2nc(C)cc(N3C(=O)OCC3C)n2)CC1. The second-order valence-corrected chi connectivity index (χ2v) is 6.30. The van der Waals surface area contributed by atoms with E-state index in [1.165, 1.54) is 0 Å². The van der Waals surface area contributed by atoms with Gasteiger partial charge in [-0.1, -0.05) is 0 Å². The van der Waals surface area contributed by atoms with Crippen LogP contribution < -0.4 is 4.90 Å². The smallest absolute Gasteiger partial charge is 0.415 e. The van der Waals surface area contributed by atoms with E-state index >= 15 is 0 Å². The van der Waals surface area contributed by atoms with Gasteiger partial charge < -0.3 is 9.64 Å². The zero-order chi connectivity index (χ0) is 16.6. The summed E-state index contributed by atoms with van der Waals surface area (Å²) in [6.45, 7) is 7.29. The average molecular weight is 318 g/mol. The van der Waals surface area contributed by atoms with Crippen molar-refractivity contribution in [3.63, 3.8) is 0 Å². The Balaban J connectivity index is 1.81. The van der Waals surface area contributed by atoms with E-state index in [9.17, 15) is 9.59 Å². The molecule has 23 heavy (non-hydrogen) atoms. The molecule has 2 fully saturated rings. The minimum atomic E-state index is -0.354. The third-order valence-corrected chi connectivity index (χ3v) is 4.50. The molecule has 124 valence electrons. The van der Waals surface area contributed by atoms with Crippen LogP contribution in [0, 0.1) is 6.92 Å². The molecule has 0 aliphatic carbocycles. The summed E-state index contributed by atoms with van der Waals surface area (Å²) in [5.74, 6) is 1.70. The van der Waals surface area contributed by atoms with Crippen LogP contribution in [-0.4, -0.2) is 52.6 Å². The molecule has 1 atom stereocenters. The van der Waals surface area contributed by atoms with Crippen LogP contribution in [0.2, 0.25) is 0 Å². The van der Waals surface area contributed by atoms with Crippen molar-refractivity contribution in [3.05, 3.63) is 17.6 Å². The number of cyclic esters (lactones) is 1. The molecule has 0 aromatic carbocycles. The number of hydrogen-bond acceptors (Lipinski definition) is 5. The van der Waals surface area contributed by atoms with Crippen LogP contribution >= 0.6 is 0 Å². The third kappa shape index (κ3) is 3.13. The molecule has 7 heteroatoms. The topological polar surface area (TPSA) is 75.6 Å². The Labute approximate surface area is 135 Å². The van der Waals surface area contributed by atoms with E-state index < -0.39 is 0 Å². The maximum atomic E-state index is 11.9. The fourth-order valence-corrected chi connectivity index (χ4v) is 3.17. The van der Waals surface area contributed by atoms with Crippen LogP contribution in [0.5, 0.6) is 0 Å². The minimum absolute atomic E-state index is 0.0239. The second-order valence-electron chi connectivity index (χ2n) is 6.30. The second kappa shape index (κ2) is 6.14. The molecular weight excluding hydrogens is 296 g/mol. The van der Waals surface area contributed by atoms with Gasteiger partial charge in [0.05, 0.1) is 6.04 Å². The first-order valence-corrected chi connectivity index (χ1v) is 8.03. The maximum absolute atomic E-state index is 11.9. The summed E-state index contributed by atoms with van der Waals surface area (Å²) in [7, 11) is 0. The summed E-state index contributed by atoms with van der Waals surface area (Å²) >= 11 is 0. The molecule has 2 amide bonds. The highest BCUT2D eigenvalue weighted by Crippen LogP contribution is 2.29. The predicted molar refractivity (Wildman–Crippen MR) is 84.3 cm³/mol. The number of aryl methyl sites for hydroxylation is 1. The highest BCUT2D eigenvalue weighted by molar-refractivity contribution is 5.89. The van der Waals surface area contributed by atoms with Gasteiger partial charge in [-0.15, -0.1) is 0 Å².